The lowest BCUT2D eigenvalue weighted by Crippen LogP contribution is -2.21. The predicted molar refractivity (Wildman–Crippen MR) is 138 cm³/mol. The number of ether oxygens (including phenoxy) is 2. The molecule has 1 aliphatic heterocycles. The fourth-order valence-electron chi connectivity index (χ4n) is 3.51. The molecule has 10 nitrogen and oxygen atoms in total. The number of rotatable bonds is 0. The summed E-state index contributed by atoms with van der Waals surface area (Å²) in [6, 6.07) is 0. The average molecular weight is 509 g/mol. The van der Waals surface area contributed by atoms with Gasteiger partial charge < -0.3 is 9.47 Å². The highest BCUT2D eigenvalue weighted by molar-refractivity contribution is 5.85. The molecule has 0 aromatic heterocycles. The van der Waals surface area contributed by atoms with Gasteiger partial charge in [-0.05, 0) is 65.2 Å². The second-order valence-electron chi connectivity index (χ2n) is 9.24. The Hall–Kier alpha value is -2.78. The van der Waals surface area contributed by atoms with Crippen molar-refractivity contribution in [1.82, 2.24) is 10.9 Å². The zero-order chi connectivity index (χ0) is 26.4. The van der Waals surface area contributed by atoms with Crippen LogP contribution in [0.4, 0.5) is 0 Å². The van der Waals surface area contributed by atoms with Crippen LogP contribution in [0.5, 0.6) is 0 Å². The zero-order valence-corrected chi connectivity index (χ0v) is 22.1. The fraction of sp³-hybridized carbons (Fsp3) is 0.769. The Labute approximate surface area is 215 Å². The Balaban J connectivity index is 2.44. The molecule has 2 amide bonds. The third-order valence-corrected chi connectivity index (χ3v) is 5.70. The van der Waals surface area contributed by atoms with Gasteiger partial charge in [0.2, 0.25) is 11.8 Å². The number of cyclic esters (lactones) is 2. The van der Waals surface area contributed by atoms with Crippen LogP contribution in [-0.2, 0) is 28.7 Å². The van der Waals surface area contributed by atoms with Crippen LogP contribution in [0, 0.1) is 0 Å². The minimum atomic E-state index is -0.278. The van der Waals surface area contributed by atoms with E-state index in [4.69, 9.17) is 9.47 Å². The average Bonchev–Trinajstić information content (AvgIpc) is 2.84. The number of nitrogens with one attached hydrogen (secondary N) is 2. The lowest BCUT2D eigenvalue weighted by atomic mass is 10.1. The maximum atomic E-state index is 11.9. The van der Waals surface area contributed by atoms with Gasteiger partial charge in [-0.1, -0.05) is 25.7 Å². The van der Waals surface area contributed by atoms with Crippen LogP contribution in [-0.4, -0.2) is 48.4 Å². The summed E-state index contributed by atoms with van der Waals surface area (Å²) in [6.45, 7) is 4.51. The topological polar surface area (TPSA) is 136 Å². The number of hydrogen-bond donors (Lipinski definition) is 2. The van der Waals surface area contributed by atoms with Gasteiger partial charge in [-0.15, -0.1) is 0 Å². The first-order valence-electron chi connectivity index (χ1n) is 13.3. The van der Waals surface area contributed by atoms with Crippen molar-refractivity contribution in [2.45, 2.75) is 117 Å². The highest BCUT2D eigenvalue weighted by atomic mass is 16.5. The van der Waals surface area contributed by atoms with E-state index in [9.17, 15) is 19.2 Å². The minimum Gasteiger partial charge on any atom is -0.466 e. The molecular formula is C26H44N4O6. The number of carbonyl (C=O) groups excluding carboxylic acids is 4. The first kappa shape index (κ1) is 31.3. The van der Waals surface area contributed by atoms with Crippen molar-refractivity contribution in [3.8, 4) is 0 Å². The molecule has 0 fully saturated rings. The molecule has 0 aliphatic carbocycles. The van der Waals surface area contributed by atoms with Crippen molar-refractivity contribution in [2.24, 2.45) is 10.2 Å². The van der Waals surface area contributed by atoms with E-state index in [1.54, 1.807) is 0 Å². The van der Waals surface area contributed by atoms with Crippen LogP contribution in [0.2, 0.25) is 0 Å². The summed E-state index contributed by atoms with van der Waals surface area (Å²) in [5.41, 5.74) is 6.78. The number of amides is 2. The summed E-state index contributed by atoms with van der Waals surface area (Å²) in [6.07, 6.45) is 10.6. The summed E-state index contributed by atoms with van der Waals surface area (Å²) in [5.74, 6) is -0.977. The largest absolute Gasteiger partial charge is 0.466 e. The predicted octanol–water partition coefficient (Wildman–Crippen LogP) is 4.31. The van der Waals surface area contributed by atoms with Gasteiger partial charge in [0, 0.05) is 37.1 Å². The highest BCUT2D eigenvalue weighted by Gasteiger charge is 2.08. The molecule has 0 radical (unpaired) electrons. The molecule has 1 aliphatic rings. The van der Waals surface area contributed by atoms with E-state index in [1.165, 1.54) is 0 Å². The minimum absolute atomic E-state index is 0.210. The Kier molecular flexibility index (Phi) is 17.7. The van der Waals surface area contributed by atoms with Crippen LogP contribution in [0.3, 0.4) is 0 Å². The van der Waals surface area contributed by atoms with E-state index >= 15 is 0 Å². The van der Waals surface area contributed by atoms with Crippen molar-refractivity contribution in [3.63, 3.8) is 0 Å². The summed E-state index contributed by atoms with van der Waals surface area (Å²) < 4.78 is 10.4. The molecule has 0 bridgehead atoms. The van der Waals surface area contributed by atoms with Gasteiger partial charge in [0.25, 0.3) is 0 Å². The molecule has 0 saturated carbocycles. The second-order valence-corrected chi connectivity index (χ2v) is 9.24. The molecule has 10 heteroatoms. The van der Waals surface area contributed by atoms with Gasteiger partial charge in [0.05, 0.1) is 13.2 Å². The monoisotopic (exact) mass is 508 g/mol. The molecule has 0 atom stereocenters. The maximum absolute atomic E-state index is 11.9. The van der Waals surface area contributed by atoms with Crippen LogP contribution < -0.4 is 10.9 Å². The standard InChI is InChI=1S/C26H44N4O6/c1-21-13-7-3-5-9-19-35-25(33)17-12-18-26(34)36-20-10-6-4-8-14-22(2)28-30-24(32)16-11-15-23(31)29-27-21/h3-20H2,1-2H3,(H,29,31)(H,30,32)/b27-21-,28-22-. The zero-order valence-electron chi connectivity index (χ0n) is 22.1. The third kappa shape index (κ3) is 18.5. The van der Waals surface area contributed by atoms with Crippen molar-refractivity contribution < 1.29 is 28.7 Å². The molecule has 0 spiro atoms. The van der Waals surface area contributed by atoms with E-state index in [0.29, 0.717) is 26.1 Å². The lowest BCUT2D eigenvalue weighted by Gasteiger charge is -2.07. The highest BCUT2D eigenvalue weighted by Crippen LogP contribution is 2.08. The van der Waals surface area contributed by atoms with Crippen molar-refractivity contribution >= 4 is 35.2 Å². The van der Waals surface area contributed by atoms with Gasteiger partial charge >= 0.3 is 11.9 Å². The first-order valence-corrected chi connectivity index (χ1v) is 13.3. The van der Waals surface area contributed by atoms with Crippen LogP contribution in [0.15, 0.2) is 10.2 Å². The van der Waals surface area contributed by atoms with Crippen molar-refractivity contribution in [3.05, 3.63) is 0 Å². The molecule has 2 N–H and O–H groups in total. The third-order valence-electron chi connectivity index (χ3n) is 5.70. The molecule has 0 aromatic rings. The number of hydrogen-bond acceptors (Lipinski definition) is 8. The number of hydrazone groups is 2. The molecule has 36 heavy (non-hydrogen) atoms. The summed E-state index contributed by atoms with van der Waals surface area (Å²) >= 11 is 0. The van der Waals surface area contributed by atoms with Gasteiger partial charge in [-0.2, -0.15) is 10.2 Å². The van der Waals surface area contributed by atoms with Gasteiger partial charge in [-0.3, -0.25) is 19.2 Å². The Bertz CT molecular complexity index is 691. The molecule has 1 rings (SSSR count). The van der Waals surface area contributed by atoms with Gasteiger partial charge in [0.15, 0.2) is 0 Å². The summed E-state index contributed by atoms with van der Waals surface area (Å²) in [5, 5.41) is 8.24. The van der Waals surface area contributed by atoms with Gasteiger partial charge in [-0.25, -0.2) is 10.9 Å². The summed E-state index contributed by atoms with van der Waals surface area (Å²) in [4.78, 5) is 47.5. The lowest BCUT2D eigenvalue weighted by molar-refractivity contribution is -0.145. The van der Waals surface area contributed by atoms with Gasteiger partial charge in [0.1, 0.15) is 0 Å². The Morgan fingerprint density at radius 2 is 0.889 bits per heavy atom. The van der Waals surface area contributed by atoms with E-state index < -0.39 is 0 Å². The fourth-order valence-corrected chi connectivity index (χ4v) is 3.51. The normalized spacial score (nSPS) is 23.9. The Morgan fingerprint density at radius 1 is 0.500 bits per heavy atom. The van der Waals surface area contributed by atoms with Crippen molar-refractivity contribution in [1.29, 1.82) is 0 Å². The molecule has 204 valence electrons. The molecule has 1 heterocycles. The SMILES string of the molecule is C/C1=N/NC(=O)CCCC(=O)N/N=C(/C)CCCCCCOC(=O)CCCC(=O)OCCCCCC1. The van der Waals surface area contributed by atoms with Crippen molar-refractivity contribution in [2.75, 3.05) is 13.2 Å². The maximum Gasteiger partial charge on any atom is 0.305 e. The number of nitrogens with zero attached hydrogens (tertiary/aromatic N) is 2. The molecular weight excluding hydrogens is 464 g/mol. The summed E-state index contributed by atoms with van der Waals surface area (Å²) in [7, 11) is 0. The number of esters is 2. The Morgan fingerprint density at radius 3 is 1.33 bits per heavy atom. The van der Waals surface area contributed by atoms with E-state index in [2.05, 4.69) is 21.1 Å². The van der Waals surface area contributed by atoms with E-state index in [1.807, 2.05) is 13.8 Å². The first-order chi connectivity index (χ1) is 17.4. The smallest absolute Gasteiger partial charge is 0.305 e. The van der Waals surface area contributed by atoms with E-state index in [0.717, 1.165) is 75.6 Å². The van der Waals surface area contributed by atoms with Crippen LogP contribution in [0.1, 0.15) is 117 Å². The molecule has 0 aromatic carbocycles. The number of carbonyl (C=O) groups is 4. The quantitative estimate of drug-likeness (QED) is 0.468. The van der Waals surface area contributed by atoms with Crippen LogP contribution >= 0.6 is 0 Å². The van der Waals surface area contributed by atoms with E-state index in [-0.39, 0.29) is 49.4 Å². The van der Waals surface area contributed by atoms with Crippen LogP contribution in [0.25, 0.3) is 0 Å². The second kappa shape index (κ2) is 20.4. The molecule has 0 saturated heterocycles. The molecule has 0 unspecified atom stereocenters.